The predicted molar refractivity (Wildman–Crippen MR) is 80.6 cm³/mol. The van der Waals surface area contributed by atoms with Gasteiger partial charge in [0.2, 0.25) is 5.91 Å². The summed E-state index contributed by atoms with van der Waals surface area (Å²) in [6, 6.07) is 4.97. The number of nitrogens with zero attached hydrogens (tertiary/aromatic N) is 2. The fraction of sp³-hybridized carbons (Fsp3) is 0.429. The van der Waals surface area contributed by atoms with E-state index in [1.807, 2.05) is 0 Å². The summed E-state index contributed by atoms with van der Waals surface area (Å²) in [6.07, 6.45) is 0.408. The Morgan fingerprint density at radius 1 is 1.45 bits per heavy atom. The molecule has 4 nitrogen and oxygen atoms in total. The fourth-order valence-electron chi connectivity index (χ4n) is 2.27. The summed E-state index contributed by atoms with van der Waals surface area (Å²) in [7, 11) is 3.35. The minimum Gasteiger partial charge on any atom is -0.345 e. The molecule has 1 heterocycles. The Balaban J connectivity index is 2.42. The average Bonchev–Trinajstić information content (AvgIpc) is 2.79. The number of alkyl halides is 1. The zero-order chi connectivity index (χ0) is 14.9. The Kier molecular flexibility index (Phi) is 4.55. The number of halogens is 2. The van der Waals surface area contributed by atoms with Crippen molar-refractivity contribution in [2.45, 2.75) is 6.42 Å². The van der Waals surface area contributed by atoms with Crippen LogP contribution in [0, 0.1) is 5.92 Å². The summed E-state index contributed by atoms with van der Waals surface area (Å²) in [6.45, 7) is 0.524. The summed E-state index contributed by atoms with van der Waals surface area (Å²) in [5.74, 6) is 0.370. The molecule has 1 saturated heterocycles. The van der Waals surface area contributed by atoms with Gasteiger partial charge in [-0.25, -0.2) is 0 Å². The van der Waals surface area contributed by atoms with Crippen LogP contribution in [0.3, 0.4) is 0 Å². The van der Waals surface area contributed by atoms with Crippen molar-refractivity contribution in [2.24, 2.45) is 5.92 Å². The number of carbonyl (C=O) groups excluding carboxylic acids is 2. The lowest BCUT2D eigenvalue weighted by molar-refractivity contribution is -0.117. The van der Waals surface area contributed by atoms with Gasteiger partial charge < -0.3 is 9.80 Å². The van der Waals surface area contributed by atoms with Crippen molar-refractivity contribution in [3.8, 4) is 0 Å². The van der Waals surface area contributed by atoms with Gasteiger partial charge in [-0.2, -0.15) is 0 Å². The smallest absolute Gasteiger partial charge is 0.255 e. The molecule has 1 atom stereocenters. The monoisotopic (exact) mass is 314 g/mol. The van der Waals surface area contributed by atoms with Crippen molar-refractivity contribution in [1.29, 1.82) is 0 Å². The van der Waals surface area contributed by atoms with Gasteiger partial charge in [-0.3, -0.25) is 9.59 Å². The van der Waals surface area contributed by atoms with Crippen LogP contribution in [-0.4, -0.2) is 43.2 Å². The molecule has 0 aromatic heterocycles. The lowest BCUT2D eigenvalue weighted by atomic mass is 10.1. The maximum absolute atomic E-state index is 12.2. The predicted octanol–water partition coefficient (Wildman–Crippen LogP) is 2.63. The van der Waals surface area contributed by atoms with Gasteiger partial charge in [0, 0.05) is 38.0 Å². The average molecular weight is 315 g/mol. The van der Waals surface area contributed by atoms with E-state index in [1.165, 1.54) is 4.90 Å². The van der Waals surface area contributed by atoms with Crippen LogP contribution in [0.4, 0.5) is 5.69 Å². The molecular weight excluding hydrogens is 299 g/mol. The highest BCUT2D eigenvalue weighted by atomic mass is 35.5. The van der Waals surface area contributed by atoms with Crippen LogP contribution in [0.2, 0.25) is 5.02 Å². The molecule has 1 unspecified atom stereocenters. The highest BCUT2D eigenvalue weighted by molar-refractivity contribution is 6.31. The number of rotatable bonds is 3. The van der Waals surface area contributed by atoms with Crippen molar-refractivity contribution < 1.29 is 9.59 Å². The fourth-order valence-corrected chi connectivity index (χ4v) is 2.64. The lowest BCUT2D eigenvalue weighted by Crippen LogP contribution is -2.29. The maximum atomic E-state index is 12.2. The van der Waals surface area contributed by atoms with Crippen LogP contribution in [0.15, 0.2) is 18.2 Å². The SMILES string of the molecule is CN(C)C(=O)c1ccc(Cl)cc1N1CC(CCl)CC1=O. The van der Waals surface area contributed by atoms with Crippen LogP contribution >= 0.6 is 23.2 Å². The Hall–Kier alpha value is -1.26. The van der Waals surface area contributed by atoms with Crippen LogP contribution < -0.4 is 4.90 Å². The third kappa shape index (κ3) is 2.91. The summed E-state index contributed by atoms with van der Waals surface area (Å²) >= 11 is 11.8. The normalized spacial score (nSPS) is 18.5. The molecule has 0 spiro atoms. The van der Waals surface area contributed by atoms with Crippen molar-refractivity contribution in [1.82, 2.24) is 4.90 Å². The highest BCUT2D eigenvalue weighted by Gasteiger charge is 2.32. The molecule has 0 saturated carbocycles. The van der Waals surface area contributed by atoms with Gasteiger partial charge in [0.1, 0.15) is 0 Å². The molecule has 2 rings (SSSR count). The van der Waals surface area contributed by atoms with Crippen molar-refractivity contribution >= 4 is 40.7 Å². The zero-order valence-electron chi connectivity index (χ0n) is 11.4. The molecule has 0 bridgehead atoms. The summed E-state index contributed by atoms with van der Waals surface area (Å²) in [4.78, 5) is 27.4. The molecule has 20 heavy (non-hydrogen) atoms. The Morgan fingerprint density at radius 2 is 2.15 bits per heavy atom. The molecule has 6 heteroatoms. The minimum absolute atomic E-state index is 0.0225. The second-order valence-corrected chi connectivity index (χ2v) is 5.83. The molecule has 1 aliphatic heterocycles. The van der Waals surface area contributed by atoms with E-state index in [9.17, 15) is 9.59 Å². The first-order valence-corrected chi connectivity index (χ1v) is 7.22. The number of anilines is 1. The molecule has 0 aliphatic carbocycles. The summed E-state index contributed by atoms with van der Waals surface area (Å²) in [5, 5.41) is 0.498. The van der Waals surface area contributed by atoms with Crippen LogP contribution in [-0.2, 0) is 4.79 Å². The molecular formula is C14H16Cl2N2O2. The third-order valence-electron chi connectivity index (χ3n) is 3.31. The summed E-state index contributed by atoms with van der Waals surface area (Å²) in [5.41, 5.74) is 1.04. The van der Waals surface area contributed by atoms with Gasteiger partial charge in [0.15, 0.2) is 0 Å². The lowest BCUT2D eigenvalue weighted by Gasteiger charge is -2.21. The first-order valence-electron chi connectivity index (χ1n) is 6.31. The number of carbonyl (C=O) groups is 2. The third-order valence-corrected chi connectivity index (χ3v) is 3.98. The van der Waals surface area contributed by atoms with E-state index in [1.54, 1.807) is 37.2 Å². The second kappa shape index (κ2) is 6.02. The molecule has 2 amide bonds. The van der Waals surface area contributed by atoms with E-state index in [-0.39, 0.29) is 17.7 Å². The number of hydrogen-bond acceptors (Lipinski definition) is 2. The van der Waals surface area contributed by atoms with Crippen molar-refractivity contribution in [3.63, 3.8) is 0 Å². The molecule has 1 aromatic rings. The van der Waals surface area contributed by atoms with E-state index in [4.69, 9.17) is 23.2 Å². The Morgan fingerprint density at radius 3 is 2.70 bits per heavy atom. The second-order valence-electron chi connectivity index (χ2n) is 5.09. The number of amides is 2. The molecule has 1 aliphatic rings. The highest BCUT2D eigenvalue weighted by Crippen LogP contribution is 2.31. The first kappa shape index (κ1) is 15.1. The largest absolute Gasteiger partial charge is 0.345 e. The van der Waals surface area contributed by atoms with Gasteiger partial charge in [-0.1, -0.05) is 11.6 Å². The quantitative estimate of drug-likeness (QED) is 0.805. The van der Waals surface area contributed by atoms with E-state index in [0.29, 0.717) is 35.1 Å². The van der Waals surface area contributed by atoms with Crippen LogP contribution in [0.5, 0.6) is 0 Å². The Bertz CT molecular complexity index is 546. The van der Waals surface area contributed by atoms with E-state index >= 15 is 0 Å². The van der Waals surface area contributed by atoms with Crippen molar-refractivity contribution in [3.05, 3.63) is 28.8 Å². The maximum Gasteiger partial charge on any atom is 0.255 e. The van der Waals surface area contributed by atoms with Crippen LogP contribution in [0.1, 0.15) is 16.8 Å². The zero-order valence-corrected chi connectivity index (χ0v) is 12.9. The van der Waals surface area contributed by atoms with Crippen LogP contribution in [0.25, 0.3) is 0 Å². The van der Waals surface area contributed by atoms with Gasteiger partial charge in [0.25, 0.3) is 5.91 Å². The molecule has 1 aromatic carbocycles. The molecule has 0 N–H and O–H groups in total. The van der Waals surface area contributed by atoms with Crippen molar-refractivity contribution in [2.75, 3.05) is 31.4 Å². The van der Waals surface area contributed by atoms with Gasteiger partial charge >= 0.3 is 0 Å². The first-order chi connectivity index (χ1) is 9.43. The van der Waals surface area contributed by atoms with E-state index < -0.39 is 0 Å². The molecule has 1 fully saturated rings. The number of hydrogen-bond donors (Lipinski definition) is 0. The molecule has 0 radical (unpaired) electrons. The van der Waals surface area contributed by atoms with E-state index in [2.05, 4.69) is 0 Å². The Labute approximate surface area is 128 Å². The van der Waals surface area contributed by atoms with Gasteiger partial charge in [-0.15, -0.1) is 11.6 Å². The summed E-state index contributed by atoms with van der Waals surface area (Å²) < 4.78 is 0. The van der Waals surface area contributed by atoms with Gasteiger partial charge in [-0.05, 0) is 24.1 Å². The number of benzene rings is 1. The topological polar surface area (TPSA) is 40.6 Å². The standard InChI is InChI=1S/C14H16Cl2N2O2/c1-17(2)14(20)11-4-3-10(16)6-12(11)18-8-9(7-15)5-13(18)19/h3-4,6,9H,5,7-8H2,1-2H3. The molecule has 108 valence electrons. The van der Waals surface area contributed by atoms with Gasteiger partial charge in [0.05, 0.1) is 11.3 Å². The minimum atomic E-state index is -0.154. The van der Waals surface area contributed by atoms with E-state index in [0.717, 1.165) is 0 Å².